The molecule has 1 N–H and O–H groups in total. The van der Waals surface area contributed by atoms with Crippen molar-refractivity contribution in [3.8, 4) is 0 Å². The summed E-state index contributed by atoms with van der Waals surface area (Å²) in [4.78, 5) is 15.2. The SMILES string of the molecule is N=CC(=O)Sc1nc2ccccc2s1. The van der Waals surface area contributed by atoms with Gasteiger partial charge in [0.15, 0.2) is 4.34 Å². The van der Waals surface area contributed by atoms with Crippen molar-refractivity contribution in [2.24, 2.45) is 0 Å². The highest BCUT2D eigenvalue weighted by Crippen LogP contribution is 2.29. The van der Waals surface area contributed by atoms with Crippen LogP contribution in [0.3, 0.4) is 0 Å². The maximum atomic E-state index is 10.9. The lowest BCUT2D eigenvalue weighted by Gasteiger charge is -1.85. The number of thioether (sulfide) groups is 1. The number of fused-ring (bicyclic) bond motifs is 1. The minimum absolute atomic E-state index is 0.288. The number of carbonyl (C=O) groups is 1. The molecule has 0 radical (unpaired) electrons. The third-order valence-electron chi connectivity index (χ3n) is 1.58. The quantitative estimate of drug-likeness (QED) is 0.627. The zero-order chi connectivity index (χ0) is 9.97. The minimum Gasteiger partial charge on any atom is -0.304 e. The summed E-state index contributed by atoms with van der Waals surface area (Å²) in [7, 11) is 0. The largest absolute Gasteiger partial charge is 0.304 e. The van der Waals surface area contributed by atoms with Crippen molar-refractivity contribution in [3.63, 3.8) is 0 Å². The smallest absolute Gasteiger partial charge is 0.236 e. The molecule has 2 aromatic rings. The van der Waals surface area contributed by atoms with Crippen LogP contribution in [0.5, 0.6) is 0 Å². The van der Waals surface area contributed by atoms with Gasteiger partial charge in [-0.05, 0) is 23.9 Å². The van der Waals surface area contributed by atoms with E-state index in [1.165, 1.54) is 11.3 Å². The fraction of sp³-hybridized carbons (Fsp3) is 0. The number of rotatable bonds is 2. The Bertz CT molecular complexity index is 459. The standard InChI is InChI=1S/C9H6N2OS2/c10-5-8(12)14-9-11-6-3-1-2-4-7(6)13-9/h1-5,10H. The molecule has 1 heterocycles. The normalized spacial score (nSPS) is 10.3. The van der Waals surface area contributed by atoms with Crippen LogP contribution in [-0.2, 0) is 4.79 Å². The van der Waals surface area contributed by atoms with Crippen LogP contribution in [0.1, 0.15) is 0 Å². The van der Waals surface area contributed by atoms with E-state index in [1.807, 2.05) is 24.3 Å². The Morgan fingerprint density at radius 3 is 3.00 bits per heavy atom. The fourth-order valence-electron chi connectivity index (χ4n) is 1.01. The molecule has 0 saturated carbocycles. The summed E-state index contributed by atoms with van der Waals surface area (Å²) in [5.74, 6) is 0. The predicted molar refractivity (Wildman–Crippen MR) is 59.3 cm³/mol. The number of hydrogen-bond acceptors (Lipinski definition) is 5. The van der Waals surface area contributed by atoms with Gasteiger partial charge in [-0.15, -0.1) is 11.3 Å². The minimum atomic E-state index is -0.288. The number of thiazole rings is 1. The zero-order valence-corrected chi connectivity index (χ0v) is 8.69. The molecule has 2 rings (SSSR count). The Labute approximate surface area is 88.7 Å². The maximum Gasteiger partial charge on any atom is 0.236 e. The Balaban J connectivity index is 2.35. The van der Waals surface area contributed by atoms with Gasteiger partial charge in [-0.3, -0.25) is 4.79 Å². The molecule has 0 aliphatic rings. The van der Waals surface area contributed by atoms with Crippen LogP contribution in [0.4, 0.5) is 0 Å². The molecular formula is C9H6N2OS2. The molecule has 5 heteroatoms. The average molecular weight is 222 g/mol. The summed E-state index contributed by atoms with van der Waals surface area (Å²) in [5.41, 5.74) is 0.901. The monoisotopic (exact) mass is 222 g/mol. The number of para-hydroxylation sites is 1. The van der Waals surface area contributed by atoms with E-state index < -0.39 is 0 Å². The number of nitrogens with one attached hydrogen (secondary N) is 1. The van der Waals surface area contributed by atoms with Crippen molar-refractivity contribution < 1.29 is 4.79 Å². The van der Waals surface area contributed by atoms with E-state index in [0.29, 0.717) is 4.34 Å². The lowest BCUT2D eigenvalue weighted by atomic mass is 10.3. The maximum absolute atomic E-state index is 10.9. The molecule has 3 nitrogen and oxygen atoms in total. The molecule has 70 valence electrons. The van der Waals surface area contributed by atoms with Crippen LogP contribution in [0, 0.1) is 5.41 Å². The van der Waals surface area contributed by atoms with Crippen molar-refractivity contribution in [1.29, 1.82) is 5.41 Å². The van der Waals surface area contributed by atoms with Gasteiger partial charge < -0.3 is 5.41 Å². The average Bonchev–Trinajstić information content (AvgIpc) is 2.59. The molecular weight excluding hydrogens is 216 g/mol. The Hall–Kier alpha value is -1.20. The van der Waals surface area contributed by atoms with Crippen molar-refractivity contribution in [2.75, 3.05) is 0 Å². The third kappa shape index (κ3) is 1.83. The van der Waals surface area contributed by atoms with Gasteiger partial charge in [0.25, 0.3) is 0 Å². The lowest BCUT2D eigenvalue weighted by Crippen LogP contribution is -1.88. The topological polar surface area (TPSA) is 53.8 Å². The van der Waals surface area contributed by atoms with E-state index in [4.69, 9.17) is 5.41 Å². The molecule has 14 heavy (non-hydrogen) atoms. The van der Waals surface area contributed by atoms with Gasteiger partial charge in [0, 0.05) is 0 Å². The number of aromatic nitrogens is 1. The Morgan fingerprint density at radius 2 is 2.29 bits per heavy atom. The van der Waals surface area contributed by atoms with Gasteiger partial charge in [0.05, 0.1) is 16.4 Å². The van der Waals surface area contributed by atoms with Gasteiger partial charge in [-0.1, -0.05) is 12.1 Å². The van der Waals surface area contributed by atoms with Gasteiger partial charge in [0.2, 0.25) is 5.12 Å². The summed E-state index contributed by atoms with van der Waals surface area (Å²) in [6.07, 6.45) is 0.802. The van der Waals surface area contributed by atoms with Crippen molar-refractivity contribution in [1.82, 2.24) is 4.98 Å². The highest BCUT2D eigenvalue weighted by molar-refractivity contribution is 8.16. The van der Waals surface area contributed by atoms with Crippen LogP contribution in [-0.4, -0.2) is 16.3 Å². The first-order valence-corrected chi connectivity index (χ1v) is 5.51. The number of hydrogen-bond donors (Lipinski definition) is 1. The molecule has 1 aromatic carbocycles. The summed E-state index contributed by atoms with van der Waals surface area (Å²) in [5, 5.41) is 6.49. The highest BCUT2D eigenvalue weighted by atomic mass is 32.2. The second kappa shape index (κ2) is 3.89. The number of benzene rings is 1. The molecule has 0 aliphatic carbocycles. The first-order valence-electron chi connectivity index (χ1n) is 3.87. The Morgan fingerprint density at radius 1 is 1.50 bits per heavy atom. The van der Waals surface area contributed by atoms with Crippen molar-refractivity contribution in [2.45, 2.75) is 4.34 Å². The van der Waals surface area contributed by atoms with Crippen LogP contribution in [0.25, 0.3) is 10.2 Å². The zero-order valence-electron chi connectivity index (χ0n) is 7.06. The summed E-state index contributed by atoms with van der Waals surface area (Å²) in [6, 6.07) is 7.72. The Kier molecular flexibility index (Phi) is 2.60. The highest BCUT2D eigenvalue weighted by Gasteiger charge is 2.06. The van der Waals surface area contributed by atoms with Crippen LogP contribution in [0.2, 0.25) is 0 Å². The molecule has 0 amide bonds. The molecule has 0 aliphatic heterocycles. The van der Waals surface area contributed by atoms with Crippen LogP contribution >= 0.6 is 23.1 Å². The summed E-state index contributed by atoms with van der Waals surface area (Å²) >= 11 is 2.46. The van der Waals surface area contributed by atoms with Gasteiger partial charge >= 0.3 is 0 Å². The number of carbonyl (C=O) groups excluding carboxylic acids is 1. The second-order valence-corrected chi connectivity index (χ2v) is 4.80. The van der Waals surface area contributed by atoms with Gasteiger partial charge in [-0.2, -0.15) is 0 Å². The van der Waals surface area contributed by atoms with Crippen LogP contribution in [0.15, 0.2) is 28.6 Å². The molecule has 0 spiro atoms. The molecule has 0 atom stereocenters. The first kappa shape index (κ1) is 9.36. The van der Waals surface area contributed by atoms with Crippen molar-refractivity contribution >= 4 is 44.6 Å². The second-order valence-electron chi connectivity index (χ2n) is 2.51. The molecule has 0 saturated heterocycles. The van der Waals surface area contributed by atoms with E-state index in [0.717, 1.165) is 28.2 Å². The van der Waals surface area contributed by atoms with Gasteiger partial charge in [-0.25, -0.2) is 4.98 Å². The molecule has 1 aromatic heterocycles. The first-order chi connectivity index (χ1) is 6.79. The summed E-state index contributed by atoms with van der Waals surface area (Å²) < 4.78 is 1.76. The molecule has 0 fully saturated rings. The summed E-state index contributed by atoms with van der Waals surface area (Å²) in [6.45, 7) is 0. The number of nitrogens with zero attached hydrogens (tertiary/aromatic N) is 1. The molecule has 0 bridgehead atoms. The third-order valence-corrected chi connectivity index (χ3v) is 3.50. The van der Waals surface area contributed by atoms with E-state index in [1.54, 1.807) is 0 Å². The van der Waals surface area contributed by atoms with Crippen LogP contribution < -0.4 is 0 Å². The van der Waals surface area contributed by atoms with Crippen molar-refractivity contribution in [3.05, 3.63) is 24.3 Å². The fourth-order valence-corrected chi connectivity index (χ4v) is 2.76. The predicted octanol–water partition coefficient (Wildman–Crippen LogP) is 2.56. The van der Waals surface area contributed by atoms with E-state index >= 15 is 0 Å². The van der Waals surface area contributed by atoms with E-state index in [-0.39, 0.29) is 5.12 Å². The lowest BCUT2D eigenvalue weighted by molar-refractivity contribution is -0.105. The molecule has 0 unspecified atom stereocenters. The van der Waals surface area contributed by atoms with E-state index in [9.17, 15) is 4.79 Å². The van der Waals surface area contributed by atoms with E-state index in [2.05, 4.69) is 4.98 Å². The van der Waals surface area contributed by atoms with Gasteiger partial charge in [0.1, 0.15) is 0 Å².